The Kier molecular flexibility index (Phi) is 5.53. The molecule has 3 aromatic carbocycles. The molecule has 0 aliphatic carbocycles. The number of aromatic nitrogens is 2. The number of hydrogen-bond acceptors (Lipinski definition) is 4. The maximum absolute atomic E-state index is 11.0. The molecule has 5 nitrogen and oxygen atoms in total. The van der Waals surface area contributed by atoms with Gasteiger partial charge in [0.15, 0.2) is 0 Å². The fraction of sp³-hybridized carbons (Fsp3) is 0.0870. The van der Waals surface area contributed by atoms with Crippen molar-refractivity contribution in [1.82, 2.24) is 9.97 Å². The fourth-order valence-electron chi connectivity index (χ4n) is 2.98. The van der Waals surface area contributed by atoms with E-state index in [1.807, 2.05) is 72.8 Å². The third-order valence-corrected chi connectivity index (χ3v) is 4.91. The van der Waals surface area contributed by atoms with Gasteiger partial charge >= 0.3 is 5.97 Å². The fourth-order valence-corrected chi connectivity index (χ4v) is 3.32. The van der Waals surface area contributed by atoms with E-state index in [9.17, 15) is 4.79 Å². The number of aryl methyl sites for hydroxylation is 1. The van der Waals surface area contributed by atoms with Gasteiger partial charge in [-0.1, -0.05) is 58.4 Å². The molecule has 0 bridgehead atoms. The molecular weight excluding hydrogens is 432 g/mol. The van der Waals surface area contributed by atoms with E-state index in [0.717, 1.165) is 15.6 Å². The van der Waals surface area contributed by atoms with Gasteiger partial charge in [0, 0.05) is 10.9 Å². The molecule has 0 aliphatic rings. The van der Waals surface area contributed by atoms with Crippen LogP contribution >= 0.6 is 15.9 Å². The summed E-state index contributed by atoms with van der Waals surface area (Å²) in [5.41, 5.74) is 4.10. The number of ether oxygens (including phenoxy) is 1. The van der Waals surface area contributed by atoms with E-state index in [1.54, 1.807) is 0 Å². The summed E-state index contributed by atoms with van der Waals surface area (Å²) in [6.45, 7) is 0. The summed E-state index contributed by atoms with van der Waals surface area (Å²) in [7, 11) is 0. The van der Waals surface area contributed by atoms with Crippen molar-refractivity contribution in [1.29, 1.82) is 0 Å². The number of carbonyl (C=O) groups is 1. The number of halogens is 1. The lowest BCUT2D eigenvalue weighted by Gasteiger charge is -2.11. The molecule has 144 valence electrons. The summed E-state index contributed by atoms with van der Waals surface area (Å²) in [4.78, 5) is 20.2. The molecule has 29 heavy (non-hydrogen) atoms. The molecular formula is C23H17BrN2O3. The minimum absolute atomic E-state index is 0.0416. The normalized spacial score (nSPS) is 10.8. The Hall–Kier alpha value is -3.25. The first kappa shape index (κ1) is 19.1. The number of benzene rings is 3. The molecule has 6 heteroatoms. The van der Waals surface area contributed by atoms with E-state index in [1.165, 1.54) is 0 Å². The monoisotopic (exact) mass is 448 g/mol. The van der Waals surface area contributed by atoms with E-state index < -0.39 is 5.97 Å². The highest BCUT2D eigenvalue weighted by Crippen LogP contribution is 2.29. The van der Waals surface area contributed by atoms with Crippen molar-refractivity contribution < 1.29 is 14.6 Å². The number of aliphatic carboxylic acids is 1. The molecule has 1 aromatic heterocycles. The molecule has 0 fully saturated rings. The van der Waals surface area contributed by atoms with Crippen LogP contribution in [0.1, 0.15) is 12.1 Å². The predicted molar refractivity (Wildman–Crippen MR) is 115 cm³/mol. The number of fused-ring (bicyclic) bond motifs is 1. The molecule has 0 aliphatic heterocycles. The van der Waals surface area contributed by atoms with E-state index in [-0.39, 0.29) is 12.8 Å². The average molecular weight is 449 g/mol. The zero-order chi connectivity index (χ0) is 20.2. The summed E-state index contributed by atoms with van der Waals surface area (Å²) in [6, 6.07) is 23.3. The Balaban J connectivity index is 1.66. The zero-order valence-electron chi connectivity index (χ0n) is 15.4. The van der Waals surface area contributed by atoms with Crippen molar-refractivity contribution >= 4 is 32.9 Å². The summed E-state index contributed by atoms with van der Waals surface area (Å²) in [5, 5.41) is 9.05. The Morgan fingerprint density at radius 3 is 2.34 bits per heavy atom. The van der Waals surface area contributed by atoms with Gasteiger partial charge in [0.1, 0.15) is 11.4 Å². The van der Waals surface area contributed by atoms with Crippen molar-refractivity contribution in [3.05, 3.63) is 83.0 Å². The molecule has 0 unspecified atom stereocenters. The minimum atomic E-state index is -0.888. The minimum Gasteiger partial charge on any atom is -0.481 e. The van der Waals surface area contributed by atoms with E-state index in [2.05, 4.69) is 25.9 Å². The maximum Gasteiger partial charge on any atom is 0.303 e. The van der Waals surface area contributed by atoms with Gasteiger partial charge in [-0.3, -0.25) is 4.79 Å². The molecule has 1 heterocycles. The first-order valence-corrected chi connectivity index (χ1v) is 9.89. The molecule has 0 atom stereocenters. The number of carboxylic acid groups (broad SMARTS) is 1. The van der Waals surface area contributed by atoms with Gasteiger partial charge in [-0.15, -0.1) is 0 Å². The second kappa shape index (κ2) is 8.41. The van der Waals surface area contributed by atoms with Crippen molar-refractivity contribution in [2.24, 2.45) is 0 Å². The molecule has 0 saturated carbocycles. The van der Waals surface area contributed by atoms with Gasteiger partial charge in [-0.2, -0.15) is 0 Å². The van der Waals surface area contributed by atoms with E-state index in [4.69, 9.17) is 9.84 Å². The SMILES string of the molecule is O=C(O)CCc1nc2ccc(Br)cc2nc1Oc1ccc(-c2ccccc2)cc1. The van der Waals surface area contributed by atoms with Crippen LogP contribution in [0.15, 0.2) is 77.3 Å². The van der Waals surface area contributed by atoms with Gasteiger partial charge in [-0.05, 0) is 41.5 Å². The lowest BCUT2D eigenvalue weighted by molar-refractivity contribution is -0.136. The van der Waals surface area contributed by atoms with Crippen LogP contribution in [-0.2, 0) is 11.2 Å². The Morgan fingerprint density at radius 1 is 0.897 bits per heavy atom. The second-order valence-electron chi connectivity index (χ2n) is 6.49. The molecule has 0 radical (unpaired) electrons. The Morgan fingerprint density at radius 2 is 1.62 bits per heavy atom. The summed E-state index contributed by atoms with van der Waals surface area (Å²) in [6.07, 6.45) is 0.200. The van der Waals surface area contributed by atoms with Gasteiger partial charge in [0.05, 0.1) is 17.5 Å². The number of rotatable bonds is 6. The van der Waals surface area contributed by atoms with Gasteiger partial charge in [0.25, 0.3) is 0 Å². The van der Waals surface area contributed by atoms with E-state index in [0.29, 0.717) is 28.4 Å². The van der Waals surface area contributed by atoms with Crippen LogP contribution in [-0.4, -0.2) is 21.0 Å². The standard InChI is InChI=1S/C23H17BrN2O3/c24-17-8-11-19-21(14-17)26-23(20(25-19)12-13-22(27)28)29-18-9-6-16(7-10-18)15-4-2-1-3-5-15/h1-11,14H,12-13H2,(H,27,28). The molecule has 0 amide bonds. The maximum atomic E-state index is 11.0. The highest BCUT2D eigenvalue weighted by Gasteiger charge is 2.13. The highest BCUT2D eigenvalue weighted by atomic mass is 79.9. The molecule has 1 N–H and O–H groups in total. The van der Waals surface area contributed by atoms with Gasteiger partial charge in [0.2, 0.25) is 5.88 Å². The summed E-state index contributed by atoms with van der Waals surface area (Å²) in [5.74, 6) is 0.0510. The van der Waals surface area contributed by atoms with Crippen LogP contribution < -0.4 is 4.74 Å². The van der Waals surface area contributed by atoms with Crippen LogP contribution in [0.2, 0.25) is 0 Å². The molecule has 0 spiro atoms. The van der Waals surface area contributed by atoms with Crippen molar-refractivity contribution in [3.63, 3.8) is 0 Å². The highest BCUT2D eigenvalue weighted by molar-refractivity contribution is 9.10. The van der Waals surface area contributed by atoms with E-state index >= 15 is 0 Å². The first-order valence-electron chi connectivity index (χ1n) is 9.10. The molecule has 0 saturated heterocycles. The summed E-state index contributed by atoms with van der Waals surface area (Å²) < 4.78 is 6.88. The Bertz CT molecular complexity index is 1160. The van der Waals surface area contributed by atoms with Crippen molar-refractivity contribution in [2.45, 2.75) is 12.8 Å². The molecule has 4 aromatic rings. The first-order chi connectivity index (χ1) is 14.1. The third-order valence-electron chi connectivity index (χ3n) is 4.41. The second-order valence-corrected chi connectivity index (χ2v) is 7.41. The van der Waals surface area contributed by atoms with Gasteiger partial charge in [-0.25, -0.2) is 9.97 Å². The van der Waals surface area contributed by atoms with Crippen LogP contribution in [0.25, 0.3) is 22.2 Å². The lowest BCUT2D eigenvalue weighted by atomic mass is 10.1. The van der Waals surface area contributed by atoms with Gasteiger partial charge < -0.3 is 9.84 Å². The number of hydrogen-bond donors (Lipinski definition) is 1. The third kappa shape index (κ3) is 4.60. The predicted octanol–water partition coefficient (Wildman–Crippen LogP) is 5.87. The molecule has 4 rings (SSSR count). The van der Waals surface area contributed by atoms with Crippen LogP contribution in [0, 0.1) is 0 Å². The smallest absolute Gasteiger partial charge is 0.303 e. The quantitative estimate of drug-likeness (QED) is 0.399. The van der Waals surface area contributed by atoms with Crippen LogP contribution in [0.3, 0.4) is 0 Å². The van der Waals surface area contributed by atoms with Crippen LogP contribution in [0.5, 0.6) is 11.6 Å². The summed E-state index contributed by atoms with van der Waals surface area (Å²) >= 11 is 3.44. The largest absolute Gasteiger partial charge is 0.481 e. The van der Waals surface area contributed by atoms with Crippen molar-refractivity contribution in [3.8, 4) is 22.8 Å². The average Bonchev–Trinajstić information content (AvgIpc) is 2.73. The Labute approximate surface area is 176 Å². The van der Waals surface area contributed by atoms with Crippen molar-refractivity contribution in [2.75, 3.05) is 0 Å². The topological polar surface area (TPSA) is 72.3 Å². The zero-order valence-corrected chi connectivity index (χ0v) is 17.0. The number of nitrogens with zero attached hydrogens (tertiary/aromatic N) is 2. The lowest BCUT2D eigenvalue weighted by Crippen LogP contribution is -2.03. The number of carboxylic acids is 1. The van der Waals surface area contributed by atoms with Crippen LogP contribution in [0.4, 0.5) is 0 Å².